The molecule has 196 valence electrons. The third kappa shape index (κ3) is 5.09. The van der Waals surface area contributed by atoms with Gasteiger partial charge in [-0.2, -0.15) is 0 Å². The van der Waals surface area contributed by atoms with Gasteiger partial charge in [0, 0.05) is 48.6 Å². The van der Waals surface area contributed by atoms with Crippen molar-refractivity contribution in [2.24, 2.45) is 5.41 Å². The van der Waals surface area contributed by atoms with Gasteiger partial charge in [-0.3, -0.25) is 0 Å². The molecule has 3 aliphatic rings. The molecule has 4 heterocycles. The second-order valence-corrected chi connectivity index (χ2v) is 12.4. The Morgan fingerprint density at radius 2 is 1.84 bits per heavy atom. The van der Waals surface area contributed by atoms with Gasteiger partial charge in [0.15, 0.2) is 0 Å². The Morgan fingerprint density at radius 1 is 1.03 bits per heavy atom. The summed E-state index contributed by atoms with van der Waals surface area (Å²) in [4.78, 5) is 11.5. The summed E-state index contributed by atoms with van der Waals surface area (Å²) in [5.74, 6) is 0.997. The van der Waals surface area contributed by atoms with Gasteiger partial charge in [-0.15, -0.1) is 11.3 Å². The molecule has 6 heteroatoms. The number of nitrogens with zero attached hydrogens (tertiary/aromatic N) is 3. The van der Waals surface area contributed by atoms with Gasteiger partial charge in [-0.1, -0.05) is 30.3 Å². The topological polar surface area (TPSA) is 37.8 Å². The fourth-order valence-electron chi connectivity index (χ4n) is 6.33. The molecule has 0 amide bonds. The van der Waals surface area contributed by atoms with Crippen LogP contribution >= 0.6 is 11.3 Å². The molecule has 37 heavy (non-hydrogen) atoms. The van der Waals surface area contributed by atoms with Crippen LogP contribution in [-0.4, -0.2) is 67.8 Å². The van der Waals surface area contributed by atoms with Crippen molar-refractivity contribution in [2.75, 3.05) is 53.0 Å². The van der Waals surface area contributed by atoms with Gasteiger partial charge >= 0.3 is 0 Å². The molecule has 1 aromatic heterocycles. The van der Waals surface area contributed by atoms with Gasteiger partial charge in [-0.05, 0) is 81.4 Å². The van der Waals surface area contributed by atoms with Crippen molar-refractivity contribution in [3.63, 3.8) is 0 Å². The first-order valence-electron chi connectivity index (χ1n) is 13.8. The molecular formula is C31H39N3O2S. The monoisotopic (exact) mass is 517 g/mol. The predicted octanol–water partition coefficient (Wildman–Crippen LogP) is 5.96. The van der Waals surface area contributed by atoms with Crippen molar-refractivity contribution in [3.8, 4) is 27.4 Å². The number of rotatable bonds is 7. The molecule has 6 rings (SSSR count). The highest BCUT2D eigenvalue weighted by Crippen LogP contribution is 2.40. The summed E-state index contributed by atoms with van der Waals surface area (Å²) in [5, 5.41) is 1.15. The quantitative estimate of drug-likeness (QED) is 0.362. The molecule has 2 saturated heterocycles. The SMILES string of the molecule is Cc1c(OCCCN2CCC3(CCOC3)C2)cccc1-c1cccc(-c2nc3c(s2)CCN(C)C3)c1C. The lowest BCUT2D eigenvalue weighted by molar-refractivity contribution is 0.151. The van der Waals surface area contributed by atoms with Gasteiger partial charge in [0.05, 0.1) is 18.9 Å². The summed E-state index contributed by atoms with van der Waals surface area (Å²) < 4.78 is 12.0. The summed E-state index contributed by atoms with van der Waals surface area (Å²) in [7, 11) is 2.18. The first kappa shape index (κ1) is 25.1. The normalized spacial score (nSPS) is 22.1. The number of hydrogen-bond acceptors (Lipinski definition) is 6. The minimum atomic E-state index is 0.437. The number of ether oxygens (including phenoxy) is 2. The molecule has 3 aliphatic heterocycles. The third-order valence-corrected chi connectivity index (χ3v) is 9.83. The zero-order valence-electron chi connectivity index (χ0n) is 22.5. The first-order valence-corrected chi connectivity index (χ1v) is 14.6. The van der Waals surface area contributed by atoms with Crippen molar-refractivity contribution >= 4 is 11.3 Å². The minimum Gasteiger partial charge on any atom is -0.493 e. The van der Waals surface area contributed by atoms with Crippen molar-refractivity contribution in [3.05, 3.63) is 58.1 Å². The summed E-state index contributed by atoms with van der Waals surface area (Å²) >= 11 is 1.87. The number of benzene rings is 2. The average Bonchev–Trinajstić information content (AvgIpc) is 3.63. The van der Waals surface area contributed by atoms with Crippen LogP contribution in [0.4, 0.5) is 0 Å². The van der Waals surface area contributed by atoms with Gasteiger partial charge in [0.1, 0.15) is 10.8 Å². The largest absolute Gasteiger partial charge is 0.493 e. The molecule has 0 radical (unpaired) electrons. The molecule has 2 fully saturated rings. The Hall–Kier alpha value is -2.25. The van der Waals surface area contributed by atoms with Crippen LogP contribution in [0.25, 0.3) is 21.7 Å². The van der Waals surface area contributed by atoms with Crippen molar-refractivity contribution in [1.82, 2.24) is 14.8 Å². The van der Waals surface area contributed by atoms with E-state index in [0.717, 1.165) is 63.1 Å². The Kier molecular flexibility index (Phi) is 7.10. The lowest BCUT2D eigenvalue weighted by Crippen LogP contribution is -2.28. The molecule has 0 aliphatic carbocycles. The number of likely N-dealkylation sites (tertiary alicyclic amines) is 1. The molecule has 5 nitrogen and oxygen atoms in total. The molecule has 1 unspecified atom stereocenters. The van der Waals surface area contributed by atoms with E-state index in [-0.39, 0.29) is 0 Å². The van der Waals surface area contributed by atoms with Gasteiger partial charge < -0.3 is 19.3 Å². The van der Waals surface area contributed by atoms with Crippen LogP contribution in [0.3, 0.4) is 0 Å². The Balaban J connectivity index is 1.14. The zero-order valence-corrected chi connectivity index (χ0v) is 23.3. The first-order chi connectivity index (χ1) is 18.0. The summed E-state index contributed by atoms with van der Waals surface area (Å²) in [6, 6.07) is 13.1. The molecule has 3 aromatic rings. The van der Waals surface area contributed by atoms with Crippen molar-refractivity contribution < 1.29 is 9.47 Å². The van der Waals surface area contributed by atoms with Crippen LogP contribution in [0.1, 0.15) is 41.0 Å². The maximum atomic E-state index is 6.33. The molecule has 1 spiro atoms. The van der Waals surface area contributed by atoms with E-state index < -0.39 is 0 Å². The average molecular weight is 518 g/mol. The Morgan fingerprint density at radius 3 is 2.68 bits per heavy atom. The molecular weight excluding hydrogens is 478 g/mol. The maximum Gasteiger partial charge on any atom is 0.124 e. The van der Waals surface area contributed by atoms with Crippen molar-refractivity contribution in [2.45, 2.75) is 46.1 Å². The van der Waals surface area contributed by atoms with E-state index in [4.69, 9.17) is 14.5 Å². The number of likely N-dealkylation sites (N-methyl/N-ethyl adjacent to an activating group) is 1. The molecule has 2 aromatic carbocycles. The van der Waals surface area contributed by atoms with Crippen LogP contribution in [0.15, 0.2) is 36.4 Å². The Bertz CT molecular complexity index is 1260. The van der Waals surface area contributed by atoms with Gasteiger partial charge in [0.25, 0.3) is 0 Å². The molecule has 0 saturated carbocycles. The van der Waals surface area contributed by atoms with E-state index in [1.54, 1.807) is 0 Å². The lowest BCUT2D eigenvalue weighted by Gasteiger charge is -2.22. The molecule has 0 bridgehead atoms. The van der Waals surface area contributed by atoms with Crippen molar-refractivity contribution in [1.29, 1.82) is 0 Å². The minimum absolute atomic E-state index is 0.437. The summed E-state index contributed by atoms with van der Waals surface area (Å²) in [6.45, 7) is 12.7. The zero-order chi connectivity index (χ0) is 25.4. The van der Waals surface area contributed by atoms with Gasteiger partial charge in [0.2, 0.25) is 0 Å². The van der Waals surface area contributed by atoms with Crippen LogP contribution in [0.2, 0.25) is 0 Å². The fourth-order valence-corrected chi connectivity index (χ4v) is 7.47. The molecule has 0 N–H and O–H groups in total. The van der Waals surface area contributed by atoms with E-state index in [9.17, 15) is 0 Å². The lowest BCUT2D eigenvalue weighted by atomic mass is 9.87. The highest BCUT2D eigenvalue weighted by Gasteiger charge is 2.40. The van der Waals surface area contributed by atoms with Crippen LogP contribution in [-0.2, 0) is 17.7 Å². The number of fused-ring (bicyclic) bond motifs is 1. The molecule has 1 atom stereocenters. The van der Waals surface area contributed by atoms with E-state index in [0.29, 0.717) is 5.41 Å². The number of aromatic nitrogens is 1. The Labute approximate surface area is 225 Å². The highest BCUT2D eigenvalue weighted by molar-refractivity contribution is 7.15. The maximum absolute atomic E-state index is 6.33. The second-order valence-electron chi connectivity index (χ2n) is 11.3. The summed E-state index contributed by atoms with van der Waals surface area (Å²) in [6.07, 6.45) is 4.68. The smallest absolute Gasteiger partial charge is 0.124 e. The highest BCUT2D eigenvalue weighted by atomic mass is 32.1. The standard InChI is InChI=1S/C31H39N3O2S/c1-22-24(7-4-9-26(22)30-32-27-19-33(3)15-11-29(27)37-30)25-8-5-10-28(23(25)2)36-17-6-14-34-16-12-31(20-34)13-18-35-21-31/h4-5,7-10H,6,11-21H2,1-3H3. The second kappa shape index (κ2) is 10.5. The van der Waals surface area contributed by atoms with E-state index in [1.807, 2.05) is 11.3 Å². The van der Waals surface area contributed by atoms with E-state index in [2.05, 4.69) is 67.1 Å². The van der Waals surface area contributed by atoms with Gasteiger partial charge in [-0.25, -0.2) is 4.98 Å². The fraction of sp³-hybridized carbons (Fsp3) is 0.516. The van der Waals surface area contributed by atoms with Crippen LogP contribution in [0, 0.1) is 19.3 Å². The van der Waals surface area contributed by atoms with E-state index in [1.165, 1.54) is 64.3 Å². The summed E-state index contributed by atoms with van der Waals surface area (Å²) in [5.41, 5.74) is 7.97. The van der Waals surface area contributed by atoms with Crippen LogP contribution in [0.5, 0.6) is 5.75 Å². The van der Waals surface area contributed by atoms with E-state index >= 15 is 0 Å². The number of hydrogen-bond donors (Lipinski definition) is 0. The third-order valence-electron chi connectivity index (χ3n) is 8.64. The predicted molar refractivity (Wildman–Crippen MR) is 152 cm³/mol. The number of thiazole rings is 1. The van der Waals surface area contributed by atoms with Crippen LogP contribution < -0.4 is 4.74 Å².